The largest absolute Gasteiger partial charge is 0.416 e. The fraction of sp³-hybridized carbons (Fsp3) is 0.0833. The van der Waals surface area contributed by atoms with Gasteiger partial charge in [0.05, 0.1) is 22.1 Å². The van der Waals surface area contributed by atoms with Gasteiger partial charge < -0.3 is 11.1 Å². The SMILES string of the molecule is Clc1nc(Cl)c2ncsc2n1.FC(F)(F)c1cccc(Nc2nc(Cl)nc3scnc23)c1.Nc1cccc(C(F)(F)F)c1. The van der Waals surface area contributed by atoms with Crippen LogP contribution in [0, 0.1) is 0 Å². The Balaban J connectivity index is 0.000000162. The zero-order valence-electron chi connectivity index (χ0n) is 20.8. The van der Waals surface area contributed by atoms with Gasteiger partial charge in [-0.15, -0.1) is 22.7 Å². The number of thiazole rings is 2. The summed E-state index contributed by atoms with van der Waals surface area (Å²) in [4.78, 5) is 24.9. The van der Waals surface area contributed by atoms with E-state index in [0.717, 1.165) is 29.1 Å². The molecular weight excluding hydrogens is 685 g/mol. The van der Waals surface area contributed by atoms with E-state index < -0.39 is 23.5 Å². The molecule has 6 aromatic rings. The summed E-state index contributed by atoms with van der Waals surface area (Å²) in [6, 6.07) is 9.38. The molecule has 43 heavy (non-hydrogen) atoms. The van der Waals surface area contributed by atoms with Crippen LogP contribution in [0.15, 0.2) is 59.6 Å². The van der Waals surface area contributed by atoms with E-state index in [9.17, 15) is 26.3 Å². The third-order valence-corrected chi connectivity index (χ3v) is 7.00. The molecule has 224 valence electrons. The van der Waals surface area contributed by atoms with Crippen LogP contribution in [0.1, 0.15) is 11.1 Å². The van der Waals surface area contributed by atoms with Crippen molar-refractivity contribution >= 4 is 95.4 Å². The molecule has 0 aliphatic rings. The number of aromatic nitrogens is 6. The van der Waals surface area contributed by atoms with Gasteiger partial charge in [-0.3, -0.25) is 0 Å². The molecule has 0 saturated carbocycles. The van der Waals surface area contributed by atoms with E-state index >= 15 is 0 Å². The summed E-state index contributed by atoms with van der Waals surface area (Å²) in [5.41, 5.74) is 8.35. The van der Waals surface area contributed by atoms with Crippen LogP contribution >= 0.6 is 57.5 Å². The summed E-state index contributed by atoms with van der Waals surface area (Å²) in [5.74, 6) is 0.269. The van der Waals surface area contributed by atoms with Crippen molar-refractivity contribution in [3.63, 3.8) is 0 Å². The second-order valence-electron chi connectivity index (χ2n) is 7.96. The van der Waals surface area contributed by atoms with E-state index in [0.29, 0.717) is 21.0 Å². The van der Waals surface area contributed by atoms with Crippen LogP contribution in [0.2, 0.25) is 15.7 Å². The highest BCUT2D eigenvalue weighted by Crippen LogP contribution is 2.33. The molecule has 6 rings (SSSR count). The van der Waals surface area contributed by atoms with Crippen LogP contribution < -0.4 is 11.1 Å². The van der Waals surface area contributed by atoms with Gasteiger partial charge in [-0.05, 0) is 59.6 Å². The number of nitrogens with zero attached hydrogens (tertiary/aromatic N) is 6. The summed E-state index contributed by atoms with van der Waals surface area (Å²) >= 11 is 19.7. The van der Waals surface area contributed by atoms with Crippen molar-refractivity contribution in [3.8, 4) is 0 Å². The van der Waals surface area contributed by atoms with Crippen molar-refractivity contribution in [1.29, 1.82) is 0 Å². The molecule has 8 nitrogen and oxygen atoms in total. The Labute approximate surface area is 260 Å². The van der Waals surface area contributed by atoms with E-state index in [1.165, 1.54) is 46.9 Å². The van der Waals surface area contributed by atoms with Crippen LogP contribution in [0.4, 0.5) is 43.5 Å². The Morgan fingerprint density at radius 1 is 0.674 bits per heavy atom. The molecule has 2 aromatic carbocycles. The minimum Gasteiger partial charge on any atom is -0.399 e. The lowest BCUT2D eigenvalue weighted by molar-refractivity contribution is -0.138. The lowest BCUT2D eigenvalue weighted by Crippen LogP contribution is -2.05. The number of hydrogen-bond donors (Lipinski definition) is 2. The topological polar surface area (TPSA) is 115 Å². The quantitative estimate of drug-likeness (QED) is 0.0797. The number of nitrogen functional groups attached to an aromatic ring is 1. The third kappa shape index (κ3) is 8.73. The Bertz CT molecular complexity index is 1860. The summed E-state index contributed by atoms with van der Waals surface area (Å²) in [6.45, 7) is 0. The van der Waals surface area contributed by atoms with Crippen molar-refractivity contribution in [1.82, 2.24) is 29.9 Å². The number of hydrogen-bond acceptors (Lipinski definition) is 10. The van der Waals surface area contributed by atoms with Crippen LogP contribution in [0.5, 0.6) is 0 Å². The first-order valence-electron chi connectivity index (χ1n) is 11.3. The average Bonchev–Trinajstić information content (AvgIpc) is 3.59. The number of nitrogens with one attached hydrogen (secondary N) is 1. The fourth-order valence-corrected chi connectivity index (χ4v) is 5.22. The van der Waals surface area contributed by atoms with Crippen molar-refractivity contribution in [2.45, 2.75) is 12.4 Å². The summed E-state index contributed by atoms with van der Waals surface area (Å²) in [5, 5.41) is 3.26. The number of fused-ring (bicyclic) bond motifs is 2. The molecule has 0 spiro atoms. The van der Waals surface area contributed by atoms with E-state index in [4.69, 9.17) is 40.5 Å². The minimum absolute atomic E-state index is 0.00114. The van der Waals surface area contributed by atoms with Gasteiger partial charge >= 0.3 is 12.4 Å². The van der Waals surface area contributed by atoms with Crippen molar-refractivity contribution in [2.24, 2.45) is 0 Å². The number of nitrogens with two attached hydrogens (primary N) is 1. The number of benzene rings is 2. The highest BCUT2D eigenvalue weighted by atomic mass is 35.5. The molecule has 0 aliphatic carbocycles. The van der Waals surface area contributed by atoms with Crippen LogP contribution in [-0.2, 0) is 12.4 Å². The normalized spacial score (nSPS) is 11.5. The molecule has 0 saturated heterocycles. The van der Waals surface area contributed by atoms with Crippen LogP contribution in [0.3, 0.4) is 0 Å². The Morgan fingerprint density at radius 2 is 1.21 bits per heavy atom. The zero-order valence-corrected chi connectivity index (χ0v) is 24.7. The fourth-order valence-electron chi connectivity index (χ4n) is 3.15. The molecule has 0 aliphatic heterocycles. The monoisotopic (exact) mass is 696 g/mol. The molecule has 19 heteroatoms. The van der Waals surface area contributed by atoms with Crippen molar-refractivity contribution in [3.05, 3.63) is 86.4 Å². The molecule has 4 aromatic heterocycles. The van der Waals surface area contributed by atoms with E-state index in [1.54, 1.807) is 11.0 Å². The van der Waals surface area contributed by atoms with Gasteiger partial charge in [-0.25, -0.2) is 24.9 Å². The van der Waals surface area contributed by atoms with Crippen LogP contribution in [-0.4, -0.2) is 29.9 Å². The zero-order chi connectivity index (χ0) is 31.4. The maximum Gasteiger partial charge on any atom is 0.416 e. The van der Waals surface area contributed by atoms with Gasteiger partial charge in [0.25, 0.3) is 0 Å². The Hall–Kier alpha value is -3.57. The third-order valence-electron chi connectivity index (χ3n) is 4.97. The number of halogens is 9. The van der Waals surface area contributed by atoms with Gasteiger partial charge in [0.1, 0.15) is 15.9 Å². The van der Waals surface area contributed by atoms with Gasteiger partial charge in [-0.2, -0.15) is 31.3 Å². The second-order valence-corrected chi connectivity index (χ2v) is 10.7. The highest BCUT2D eigenvalue weighted by molar-refractivity contribution is 7.16. The lowest BCUT2D eigenvalue weighted by Gasteiger charge is -2.10. The molecule has 0 amide bonds. The van der Waals surface area contributed by atoms with Crippen molar-refractivity contribution < 1.29 is 26.3 Å². The summed E-state index contributed by atoms with van der Waals surface area (Å²) in [7, 11) is 0. The molecule has 3 N–H and O–H groups in total. The Kier molecular flexibility index (Phi) is 10.1. The molecule has 0 bridgehead atoms. The molecule has 0 fully saturated rings. The van der Waals surface area contributed by atoms with E-state index in [1.807, 2.05) is 0 Å². The average molecular weight is 698 g/mol. The molecular formula is C24H13Cl3F6N8S2. The number of anilines is 3. The predicted molar refractivity (Wildman–Crippen MR) is 156 cm³/mol. The summed E-state index contributed by atoms with van der Waals surface area (Å²) in [6.07, 6.45) is -8.70. The van der Waals surface area contributed by atoms with Gasteiger partial charge in [-0.1, -0.05) is 23.7 Å². The second kappa shape index (κ2) is 13.4. The number of rotatable bonds is 2. The van der Waals surface area contributed by atoms with Gasteiger partial charge in [0.15, 0.2) is 15.8 Å². The first-order valence-corrected chi connectivity index (χ1v) is 14.2. The maximum atomic E-state index is 12.7. The maximum absolute atomic E-state index is 12.7. The highest BCUT2D eigenvalue weighted by Gasteiger charge is 2.31. The molecule has 4 heterocycles. The molecule has 0 radical (unpaired) electrons. The minimum atomic E-state index is -4.41. The first-order chi connectivity index (χ1) is 20.2. The molecule has 0 unspecified atom stereocenters. The standard InChI is InChI=1S/C12H6ClF3N4S.C7H6F3N.C5HCl2N3S/c13-11-19-9(8-10(20-11)21-5-17-8)18-7-3-1-2-6(4-7)12(14,15)16;8-7(9,10)5-2-1-3-6(11)4-5;6-3-2-4(11-1-8-2)10-5(7)9-3/h1-5H,(H,18,19,20);1-4H,11H2;1H. The smallest absolute Gasteiger partial charge is 0.399 e. The van der Waals surface area contributed by atoms with Gasteiger partial charge in [0.2, 0.25) is 10.6 Å². The molecule has 0 atom stereocenters. The van der Waals surface area contributed by atoms with Crippen LogP contribution in [0.25, 0.3) is 20.7 Å². The first kappa shape index (κ1) is 32.3. The van der Waals surface area contributed by atoms with E-state index in [-0.39, 0.29) is 27.8 Å². The Morgan fingerprint density at radius 3 is 1.79 bits per heavy atom. The van der Waals surface area contributed by atoms with E-state index in [2.05, 4.69) is 35.2 Å². The summed E-state index contributed by atoms with van der Waals surface area (Å²) < 4.78 is 73.8. The van der Waals surface area contributed by atoms with Gasteiger partial charge in [0, 0.05) is 11.4 Å². The number of alkyl halides is 6. The predicted octanol–water partition coefficient (Wildman–Crippen LogP) is 9.18. The lowest BCUT2D eigenvalue weighted by atomic mass is 10.2. The van der Waals surface area contributed by atoms with Crippen molar-refractivity contribution in [2.75, 3.05) is 11.1 Å².